The molecule has 3 aromatic rings. The van der Waals surface area contributed by atoms with Gasteiger partial charge in [-0.1, -0.05) is 25.1 Å². The molecule has 2 heterocycles. The van der Waals surface area contributed by atoms with Crippen LogP contribution in [0.15, 0.2) is 65.3 Å². The summed E-state index contributed by atoms with van der Waals surface area (Å²) in [6.07, 6.45) is 1.45. The number of furan rings is 1. The van der Waals surface area contributed by atoms with Crippen molar-refractivity contribution in [3.63, 3.8) is 0 Å². The van der Waals surface area contributed by atoms with E-state index in [4.69, 9.17) is 4.42 Å². The predicted molar refractivity (Wildman–Crippen MR) is 127 cm³/mol. The first-order valence-electron chi connectivity index (χ1n) is 10.9. The van der Waals surface area contributed by atoms with Crippen LogP contribution in [0.1, 0.15) is 33.4 Å². The summed E-state index contributed by atoms with van der Waals surface area (Å²) in [5.74, 6) is -0.360. The summed E-state index contributed by atoms with van der Waals surface area (Å²) in [4.78, 5) is 30.1. The molecule has 1 aromatic heterocycles. The fraction of sp³-hybridized carbons (Fsp3) is 0.280. The van der Waals surface area contributed by atoms with E-state index in [0.717, 1.165) is 49.7 Å². The molecule has 0 unspecified atom stereocenters. The summed E-state index contributed by atoms with van der Waals surface area (Å²) < 4.78 is 5.15. The standard InChI is InChI=1S/C25H28N4O3/c1-3-28-12-14-29(15-13-28)22-8-5-4-7-20(22)26-24(30)19-11-10-18(2)21(17-19)27-25(31)23-9-6-16-32-23/h4-11,16-17H,3,12-15H2,1-2H3,(H,26,30)(H,27,31). The van der Waals surface area contributed by atoms with E-state index in [1.807, 2.05) is 37.3 Å². The smallest absolute Gasteiger partial charge is 0.291 e. The summed E-state index contributed by atoms with van der Waals surface area (Å²) in [5, 5.41) is 5.87. The van der Waals surface area contributed by atoms with Crippen LogP contribution in [-0.4, -0.2) is 49.4 Å². The van der Waals surface area contributed by atoms with Gasteiger partial charge in [-0.2, -0.15) is 0 Å². The van der Waals surface area contributed by atoms with Crippen molar-refractivity contribution in [2.45, 2.75) is 13.8 Å². The van der Waals surface area contributed by atoms with Crippen LogP contribution in [0.5, 0.6) is 0 Å². The van der Waals surface area contributed by atoms with Crippen molar-refractivity contribution in [2.75, 3.05) is 48.3 Å². The van der Waals surface area contributed by atoms with Crippen molar-refractivity contribution in [2.24, 2.45) is 0 Å². The Kier molecular flexibility index (Phi) is 6.56. The highest BCUT2D eigenvalue weighted by atomic mass is 16.3. The summed E-state index contributed by atoms with van der Waals surface area (Å²) >= 11 is 0. The minimum Gasteiger partial charge on any atom is -0.459 e. The Bertz CT molecular complexity index is 1090. The van der Waals surface area contributed by atoms with E-state index >= 15 is 0 Å². The molecule has 32 heavy (non-hydrogen) atoms. The average molecular weight is 433 g/mol. The van der Waals surface area contributed by atoms with Gasteiger partial charge in [0.05, 0.1) is 17.6 Å². The zero-order valence-electron chi connectivity index (χ0n) is 18.4. The summed E-state index contributed by atoms with van der Waals surface area (Å²) in [7, 11) is 0. The lowest BCUT2D eigenvalue weighted by atomic mass is 10.1. The fourth-order valence-corrected chi connectivity index (χ4v) is 3.84. The van der Waals surface area contributed by atoms with E-state index in [1.165, 1.54) is 6.26 Å². The molecular weight excluding hydrogens is 404 g/mol. The van der Waals surface area contributed by atoms with Crippen molar-refractivity contribution in [3.8, 4) is 0 Å². The lowest BCUT2D eigenvalue weighted by molar-refractivity contribution is 0.0993. The van der Waals surface area contributed by atoms with Gasteiger partial charge in [-0.05, 0) is 55.4 Å². The van der Waals surface area contributed by atoms with Crippen LogP contribution in [0.2, 0.25) is 0 Å². The highest BCUT2D eigenvalue weighted by Gasteiger charge is 2.19. The van der Waals surface area contributed by atoms with Crippen LogP contribution >= 0.6 is 0 Å². The number of carbonyl (C=O) groups is 2. The van der Waals surface area contributed by atoms with Gasteiger partial charge in [0.1, 0.15) is 0 Å². The molecule has 7 heteroatoms. The number of likely N-dealkylation sites (N-methyl/N-ethyl adjacent to an activating group) is 1. The molecule has 1 aliphatic rings. The zero-order chi connectivity index (χ0) is 22.5. The van der Waals surface area contributed by atoms with Crippen LogP contribution < -0.4 is 15.5 Å². The Balaban J connectivity index is 1.49. The highest BCUT2D eigenvalue weighted by Crippen LogP contribution is 2.28. The Morgan fingerprint density at radius 3 is 2.38 bits per heavy atom. The summed E-state index contributed by atoms with van der Waals surface area (Å²) in [6, 6.07) is 16.4. The SMILES string of the molecule is CCN1CCN(c2ccccc2NC(=O)c2ccc(C)c(NC(=O)c3ccco3)c2)CC1. The van der Waals surface area contributed by atoms with E-state index in [2.05, 4.69) is 27.4 Å². The maximum absolute atomic E-state index is 13.1. The largest absolute Gasteiger partial charge is 0.459 e. The van der Waals surface area contributed by atoms with E-state index in [0.29, 0.717) is 11.3 Å². The second-order valence-corrected chi connectivity index (χ2v) is 7.85. The average Bonchev–Trinajstić information content (AvgIpc) is 3.36. The topological polar surface area (TPSA) is 77.8 Å². The molecule has 2 amide bonds. The van der Waals surface area contributed by atoms with Gasteiger partial charge in [0.2, 0.25) is 0 Å². The molecule has 166 valence electrons. The van der Waals surface area contributed by atoms with Crippen molar-refractivity contribution < 1.29 is 14.0 Å². The van der Waals surface area contributed by atoms with Crippen molar-refractivity contribution in [1.82, 2.24) is 4.90 Å². The molecule has 0 saturated carbocycles. The normalized spacial score (nSPS) is 14.2. The molecule has 2 N–H and O–H groups in total. The summed E-state index contributed by atoms with van der Waals surface area (Å²) in [6.45, 7) is 8.98. The first-order chi connectivity index (χ1) is 15.5. The number of rotatable bonds is 6. The number of amides is 2. The molecule has 0 spiro atoms. The van der Waals surface area contributed by atoms with Crippen molar-refractivity contribution >= 4 is 28.9 Å². The Hall–Kier alpha value is -3.58. The van der Waals surface area contributed by atoms with E-state index in [9.17, 15) is 9.59 Å². The molecule has 0 bridgehead atoms. The third kappa shape index (κ3) is 4.84. The van der Waals surface area contributed by atoms with Crippen LogP contribution in [0.4, 0.5) is 17.1 Å². The molecule has 0 atom stereocenters. The first kappa shape index (κ1) is 21.6. The molecule has 2 aromatic carbocycles. The van der Waals surface area contributed by atoms with Crippen LogP contribution in [0, 0.1) is 6.92 Å². The minimum absolute atomic E-state index is 0.219. The van der Waals surface area contributed by atoms with Gasteiger partial charge >= 0.3 is 0 Å². The lowest BCUT2D eigenvalue weighted by Gasteiger charge is -2.36. The quantitative estimate of drug-likeness (QED) is 0.609. The molecule has 1 fully saturated rings. The van der Waals surface area contributed by atoms with Gasteiger partial charge in [-0.3, -0.25) is 9.59 Å². The van der Waals surface area contributed by atoms with E-state index in [1.54, 1.807) is 24.3 Å². The maximum atomic E-state index is 13.1. The monoisotopic (exact) mass is 432 g/mol. The number of benzene rings is 2. The molecule has 1 saturated heterocycles. The van der Waals surface area contributed by atoms with Gasteiger partial charge in [-0.25, -0.2) is 0 Å². The van der Waals surface area contributed by atoms with Gasteiger partial charge in [-0.15, -0.1) is 0 Å². The molecule has 4 rings (SSSR count). The number of nitrogens with one attached hydrogen (secondary N) is 2. The Labute approximate surface area is 188 Å². The second-order valence-electron chi connectivity index (χ2n) is 7.85. The van der Waals surface area contributed by atoms with E-state index < -0.39 is 0 Å². The van der Waals surface area contributed by atoms with Gasteiger partial charge in [0.25, 0.3) is 11.8 Å². The van der Waals surface area contributed by atoms with Crippen molar-refractivity contribution in [1.29, 1.82) is 0 Å². The minimum atomic E-state index is -0.354. The maximum Gasteiger partial charge on any atom is 0.291 e. The zero-order valence-corrected chi connectivity index (χ0v) is 18.4. The molecule has 7 nitrogen and oxygen atoms in total. The number of anilines is 3. The third-order valence-corrected chi connectivity index (χ3v) is 5.81. The highest BCUT2D eigenvalue weighted by molar-refractivity contribution is 6.08. The molecule has 1 aliphatic heterocycles. The van der Waals surface area contributed by atoms with Crippen LogP contribution in [0.25, 0.3) is 0 Å². The van der Waals surface area contributed by atoms with Gasteiger partial charge in [0, 0.05) is 37.4 Å². The number of piperazine rings is 1. The van der Waals surface area contributed by atoms with E-state index in [-0.39, 0.29) is 17.6 Å². The lowest BCUT2D eigenvalue weighted by Crippen LogP contribution is -2.46. The first-order valence-corrected chi connectivity index (χ1v) is 10.9. The number of nitrogens with zero attached hydrogens (tertiary/aromatic N) is 2. The van der Waals surface area contributed by atoms with Gasteiger partial charge < -0.3 is 24.9 Å². The van der Waals surface area contributed by atoms with Gasteiger partial charge in [0.15, 0.2) is 5.76 Å². The third-order valence-electron chi connectivity index (χ3n) is 5.81. The second kappa shape index (κ2) is 9.70. The Morgan fingerprint density at radius 2 is 1.66 bits per heavy atom. The molecular formula is C25H28N4O3. The van der Waals surface area contributed by atoms with Crippen LogP contribution in [-0.2, 0) is 0 Å². The predicted octanol–water partition coefficient (Wildman–Crippen LogP) is 4.23. The molecule has 0 radical (unpaired) electrons. The number of para-hydroxylation sites is 2. The van der Waals surface area contributed by atoms with Crippen molar-refractivity contribution in [3.05, 3.63) is 77.7 Å². The molecule has 0 aliphatic carbocycles. The number of hydrogen-bond acceptors (Lipinski definition) is 5. The summed E-state index contributed by atoms with van der Waals surface area (Å²) in [5.41, 5.74) is 3.70. The number of hydrogen-bond donors (Lipinski definition) is 2. The fourth-order valence-electron chi connectivity index (χ4n) is 3.84. The number of carbonyl (C=O) groups excluding carboxylic acids is 2. The number of aryl methyl sites for hydroxylation is 1. The Morgan fingerprint density at radius 1 is 0.906 bits per heavy atom. The van der Waals surface area contributed by atoms with Crippen LogP contribution in [0.3, 0.4) is 0 Å².